The molecular formula is C27H24FIN2O3S. The number of aryl methyl sites for hydroxylation is 1. The summed E-state index contributed by atoms with van der Waals surface area (Å²) in [6, 6.07) is 18.0. The SMILES string of the molecule is CCOc1cc(/C=C2\SC(=Nc3ccc(CC)cc3)NC2=O)cc(I)c1OCc1cccc(F)c1. The average molecular weight is 602 g/mol. The second-order valence-corrected chi connectivity index (χ2v) is 9.88. The maximum absolute atomic E-state index is 13.5. The number of rotatable bonds is 8. The molecule has 0 atom stereocenters. The molecule has 1 saturated heterocycles. The summed E-state index contributed by atoms with van der Waals surface area (Å²) in [5.41, 5.74) is 3.56. The van der Waals surface area contributed by atoms with Gasteiger partial charge in [0.1, 0.15) is 12.4 Å². The molecule has 0 bridgehead atoms. The number of benzene rings is 3. The molecule has 1 fully saturated rings. The van der Waals surface area contributed by atoms with Gasteiger partial charge in [-0.1, -0.05) is 31.2 Å². The van der Waals surface area contributed by atoms with Gasteiger partial charge in [-0.25, -0.2) is 9.38 Å². The van der Waals surface area contributed by atoms with Crippen LogP contribution in [-0.2, 0) is 17.8 Å². The van der Waals surface area contributed by atoms with Crippen LogP contribution in [0.15, 0.2) is 70.6 Å². The number of aliphatic imine (C=N–C) groups is 1. The largest absolute Gasteiger partial charge is 0.490 e. The van der Waals surface area contributed by atoms with Crippen LogP contribution in [0.25, 0.3) is 6.08 Å². The first-order valence-corrected chi connectivity index (χ1v) is 13.1. The van der Waals surface area contributed by atoms with E-state index in [1.807, 2.05) is 55.5 Å². The molecule has 0 unspecified atom stereocenters. The van der Waals surface area contributed by atoms with Gasteiger partial charge in [0.15, 0.2) is 16.7 Å². The van der Waals surface area contributed by atoms with Crippen LogP contribution < -0.4 is 14.8 Å². The highest BCUT2D eigenvalue weighted by atomic mass is 127. The Balaban J connectivity index is 1.54. The molecule has 0 aromatic heterocycles. The van der Waals surface area contributed by atoms with Crippen molar-refractivity contribution in [1.82, 2.24) is 5.32 Å². The third-order valence-electron chi connectivity index (χ3n) is 5.13. The van der Waals surface area contributed by atoms with Crippen molar-refractivity contribution in [3.05, 3.63) is 91.6 Å². The number of amidine groups is 1. The lowest BCUT2D eigenvalue weighted by Gasteiger charge is -2.15. The molecule has 3 aromatic carbocycles. The van der Waals surface area contributed by atoms with Crippen molar-refractivity contribution < 1.29 is 18.7 Å². The summed E-state index contributed by atoms with van der Waals surface area (Å²) in [7, 11) is 0. The van der Waals surface area contributed by atoms with Gasteiger partial charge in [0.2, 0.25) is 0 Å². The van der Waals surface area contributed by atoms with Crippen molar-refractivity contribution in [2.45, 2.75) is 26.9 Å². The predicted molar refractivity (Wildman–Crippen MR) is 148 cm³/mol. The summed E-state index contributed by atoms with van der Waals surface area (Å²) in [6.07, 6.45) is 2.77. The van der Waals surface area contributed by atoms with Crippen molar-refractivity contribution in [2.24, 2.45) is 4.99 Å². The van der Waals surface area contributed by atoms with E-state index in [2.05, 4.69) is 39.8 Å². The minimum atomic E-state index is -0.305. The third-order valence-corrected chi connectivity index (χ3v) is 6.84. The zero-order chi connectivity index (χ0) is 24.8. The van der Waals surface area contributed by atoms with E-state index in [1.54, 1.807) is 6.07 Å². The van der Waals surface area contributed by atoms with Gasteiger partial charge >= 0.3 is 0 Å². The van der Waals surface area contributed by atoms with E-state index in [1.165, 1.54) is 29.5 Å². The minimum absolute atomic E-state index is 0.196. The van der Waals surface area contributed by atoms with E-state index in [-0.39, 0.29) is 18.3 Å². The van der Waals surface area contributed by atoms with E-state index in [9.17, 15) is 9.18 Å². The van der Waals surface area contributed by atoms with Gasteiger partial charge in [0.05, 0.1) is 20.8 Å². The molecule has 1 aliphatic heterocycles. The maximum atomic E-state index is 13.5. The Bertz CT molecular complexity index is 1290. The molecule has 0 saturated carbocycles. The number of hydrogen-bond donors (Lipinski definition) is 1. The Hall–Kier alpha value is -2.85. The van der Waals surface area contributed by atoms with Crippen LogP contribution in [0.2, 0.25) is 0 Å². The Morgan fingerprint density at radius 2 is 1.86 bits per heavy atom. The van der Waals surface area contributed by atoms with Crippen LogP contribution in [0.4, 0.5) is 10.1 Å². The summed E-state index contributed by atoms with van der Waals surface area (Å²) in [4.78, 5) is 17.6. The maximum Gasteiger partial charge on any atom is 0.264 e. The van der Waals surface area contributed by atoms with E-state index < -0.39 is 0 Å². The first kappa shape index (κ1) is 25.2. The lowest BCUT2D eigenvalue weighted by Crippen LogP contribution is -2.19. The van der Waals surface area contributed by atoms with Crippen LogP contribution in [0.1, 0.15) is 30.5 Å². The van der Waals surface area contributed by atoms with Gasteiger partial charge in [0.25, 0.3) is 5.91 Å². The highest BCUT2D eigenvalue weighted by molar-refractivity contribution is 14.1. The minimum Gasteiger partial charge on any atom is -0.490 e. The number of thioether (sulfide) groups is 1. The van der Waals surface area contributed by atoms with Crippen LogP contribution in [-0.4, -0.2) is 17.7 Å². The molecule has 35 heavy (non-hydrogen) atoms. The van der Waals surface area contributed by atoms with Crippen molar-refractivity contribution in [3.8, 4) is 11.5 Å². The fraction of sp³-hybridized carbons (Fsp3) is 0.185. The summed E-state index contributed by atoms with van der Waals surface area (Å²) >= 11 is 3.47. The molecule has 4 rings (SSSR count). The number of nitrogens with one attached hydrogen (secondary N) is 1. The van der Waals surface area contributed by atoms with Crippen molar-refractivity contribution >= 4 is 57.2 Å². The normalized spacial score (nSPS) is 15.5. The second kappa shape index (κ2) is 11.7. The molecule has 5 nitrogen and oxygen atoms in total. The van der Waals surface area contributed by atoms with Crippen LogP contribution in [0.3, 0.4) is 0 Å². The Morgan fingerprint density at radius 3 is 2.57 bits per heavy atom. The summed E-state index contributed by atoms with van der Waals surface area (Å²) < 4.78 is 26.1. The van der Waals surface area contributed by atoms with E-state index >= 15 is 0 Å². The Labute approximate surface area is 222 Å². The Morgan fingerprint density at radius 1 is 1.06 bits per heavy atom. The van der Waals surface area contributed by atoms with Gasteiger partial charge in [-0.2, -0.15) is 0 Å². The molecule has 3 aromatic rings. The predicted octanol–water partition coefficient (Wildman–Crippen LogP) is 6.86. The molecule has 0 aliphatic carbocycles. The number of halogens is 2. The number of amides is 1. The van der Waals surface area contributed by atoms with Crippen molar-refractivity contribution in [2.75, 3.05) is 6.61 Å². The number of carbonyl (C=O) groups excluding carboxylic acids is 1. The quantitative estimate of drug-likeness (QED) is 0.226. The summed E-state index contributed by atoms with van der Waals surface area (Å²) in [5.74, 6) is 0.649. The van der Waals surface area contributed by atoms with Crippen LogP contribution >= 0.6 is 34.4 Å². The number of hydrogen-bond acceptors (Lipinski definition) is 5. The first-order valence-electron chi connectivity index (χ1n) is 11.2. The molecule has 0 spiro atoms. The molecule has 1 aliphatic rings. The second-order valence-electron chi connectivity index (χ2n) is 7.68. The van der Waals surface area contributed by atoms with E-state index in [0.29, 0.717) is 28.2 Å². The van der Waals surface area contributed by atoms with Gasteiger partial charge < -0.3 is 14.8 Å². The lowest BCUT2D eigenvalue weighted by molar-refractivity contribution is -0.115. The van der Waals surface area contributed by atoms with Crippen LogP contribution in [0.5, 0.6) is 11.5 Å². The van der Waals surface area contributed by atoms with Crippen molar-refractivity contribution in [1.29, 1.82) is 0 Å². The molecule has 1 N–H and O–H groups in total. The van der Waals surface area contributed by atoms with Crippen LogP contribution in [0, 0.1) is 9.39 Å². The topological polar surface area (TPSA) is 59.9 Å². The van der Waals surface area contributed by atoms with Gasteiger partial charge in [-0.15, -0.1) is 0 Å². The lowest BCUT2D eigenvalue weighted by atomic mass is 10.1. The van der Waals surface area contributed by atoms with E-state index in [4.69, 9.17) is 9.47 Å². The molecule has 8 heteroatoms. The molecule has 0 radical (unpaired) electrons. The van der Waals surface area contributed by atoms with Gasteiger partial charge in [-0.05, 0) is 107 Å². The highest BCUT2D eigenvalue weighted by Gasteiger charge is 2.24. The fourth-order valence-corrected chi connectivity index (χ4v) is 5.03. The molecule has 1 amide bonds. The first-order chi connectivity index (χ1) is 16.9. The average Bonchev–Trinajstić information content (AvgIpc) is 3.17. The van der Waals surface area contributed by atoms with Gasteiger partial charge in [-0.3, -0.25) is 4.79 Å². The van der Waals surface area contributed by atoms with Crippen molar-refractivity contribution in [3.63, 3.8) is 0 Å². The molecular weight excluding hydrogens is 578 g/mol. The number of carbonyl (C=O) groups is 1. The third kappa shape index (κ3) is 6.64. The van der Waals surface area contributed by atoms with E-state index in [0.717, 1.165) is 26.8 Å². The highest BCUT2D eigenvalue weighted by Crippen LogP contribution is 2.37. The monoisotopic (exact) mass is 602 g/mol. The Kier molecular flexibility index (Phi) is 8.46. The number of ether oxygens (including phenoxy) is 2. The summed E-state index contributed by atoms with van der Waals surface area (Å²) in [5, 5.41) is 3.37. The zero-order valence-corrected chi connectivity index (χ0v) is 22.3. The molecule has 1 heterocycles. The van der Waals surface area contributed by atoms with Gasteiger partial charge in [0, 0.05) is 0 Å². The summed E-state index contributed by atoms with van der Waals surface area (Å²) in [6.45, 7) is 4.66. The molecule has 180 valence electrons. The standard InChI is InChI=1S/C27H24FIN2O3S/c1-3-17-8-10-21(11-9-17)30-27-31-26(32)24(35-27)15-19-13-22(29)25(23(14-19)33-4-2)34-16-18-6-5-7-20(28)12-18/h5-15H,3-4,16H2,1-2H3,(H,30,31,32)/b24-15-. The fourth-order valence-electron chi connectivity index (χ4n) is 3.41. The number of nitrogens with zero attached hydrogens (tertiary/aromatic N) is 1. The zero-order valence-electron chi connectivity index (χ0n) is 19.3. The smallest absolute Gasteiger partial charge is 0.264 e.